The molecular weight excluding hydrogens is 180 g/mol. The monoisotopic (exact) mass is 192 g/mol. The van der Waals surface area contributed by atoms with Crippen LogP contribution in [0.4, 0.5) is 0 Å². The molecule has 0 heterocycles. The van der Waals surface area contributed by atoms with E-state index in [1.54, 1.807) is 0 Å². The van der Waals surface area contributed by atoms with E-state index >= 15 is 0 Å². The summed E-state index contributed by atoms with van der Waals surface area (Å²) in [6.45, 7) is 3.31. The lowest BCUT2D eigenvalue weighted by Gasteiger charge is -2.02. The largest absolute Gasteiger partial charge is 0.351 e. The smallest absolute Gasteiger partial charge is 0.243 e. The van der Waals surface area contributed by atoms with E-state index in [1.807, 2.05) is 0 Å². The van der Waals surface area contributed by atoms with E-state index in [0.717, 1.165) is 6.08 Å². The van der Waals surface area contributed by atoms with E-state index in [0.29, 0.717) is 0 Å². The van der Waals surface area contributed by atoms with E-state index in [2.05, 4.69) is 16.6 Å². The number of hydrogen-bond donors (Lipinski definition) is 2. The molecule has 0 aromatic heterocycles. The maximum Gasteiger partial charge on any atom is 0.243 e. The van der Waals surface area contributed by atoms with Crippen molar-refractivity contribution in [2.24, 2.45) is 0 Å². The molecule has 0 atom stereocenters. The van der Waals surface area contributed by atoms with Crippen molar-refractivity contribution < 1.29 is 13.2 Å². The molecule has 1 amide bonds. The van der Waals surface area contributed by atoms with Crippen LogP contribution in [0.25, 0.3) is 0 Å². The fraction of sp³-hybridized carbons (Fsp3) is 0.500. The lowest BCUT2D eigenvalue weighted by atomic mass is 10.6. The summed E-state index contributed by atoms with van der Waals surface area (Å²) in [6.07, 6.45) is 1.09. The molecule has 6 heteroatoms. The number of rotatable bonds is 5. The SMILES string of the molecule is C=CC(=O)NCCS(=O)(=O)NC. The standard InChI is InChI=1S/C6H12N2O3S/c1-3-6(9)8-4-5-12(10,11)7-2/h3,7H,1,4-5H2,2H3,(H,8,9). The van der Waals surface area contributed by atoms with Crippen LogP contribution in [0.15, 0.2) is 12.7 Å². The maximum absolute atomic E-state index is 10.8. The van der Waals surface area contributed by atoms with Crippen LogP contribution in [0, 0.1) is 0 Å². The number of nitrogens with one attached hydrogen (secondary N) is 2. The fourth-order valence-corrected chi connectivity index (χ4v) is 1.06. The second kappa shape index (κ2) is 4.89. The van der Waals surface area contributed by atoms with Gasteiger partial charge in [-0.1, -0.05) is 6.58 Å². The zero-order chi connectivity index (χ0) is 9.61. The first-order valence-electron chi connectivity index (χ1n) is 3.33. The van der Waals surface area contributed by atoms with E-state index in [1.165, 1.54) is 7.05 Å². The summed E-state index contributed by atoms with van der Waals surface area (Å²) in [6, 6.07) is 0. The summed E-state index contributed by atoms with van der Waals surface area (Å²) in [5, 5.41) is 2.35. The molecule has 0 aromatic carbocycles. The summed E-state index contributed by atoms with van der Waals surface area (Å²) < 4.78 is 23.7. The second-order valence-corrected chi connectivity index (χ2v) is 4.06. The van der Waals surface area contributed by atoms with Gasteiger partial charge in [0.1, 0.15) is 0 Å². The minimum Gasteiger partial charge on any atom is -0.351 e. The van der Waals surface area contributed by atoms with Gasteiger partial charge in [0.15, 0.2) is 0 Å². The molecule has 0 saturated heterocycles. The van der Waals surface area contributed by atoms with Crippen molar-refractivity contribution in [3.63, 3.8) is 0 Å². The van der Waals surface area contributed by atoms with Crippen LogP contribution in [0.2, 0.25) is 0 Å². The number of hydrogen-bond acceptors (Lipinski definition) is 3. The van der Waals surface area contributed by atoms with Crippen LogP contribution in [-0.4, -0.2) is 33.7 Å². The summed E-state index contributed by atoms with van der Waals surface area (Å²) in [5.74, 6) is -0.496. The van der Waals surface area contributed by atoms with Crippen molar-refractivity contribution in [3.05, 3.63) is 12.7 Å². The van der Waals surface area contributed by atoms with Gasteiger partial charge in [-0.2, -0.15) is 0 Å². The van der Waals surface area contributed by atoms with E-state index in [-0.39, 0.29) is 18.2 Å². The van der Waals surface area contributed by atoms with E-state index < -0.39 is 10.0 Å². The van der Waals surface area contributed by atoms with Crippen molar-refractivity contribution in [3.8, 4) is 0 Å². The van der Waals surface area contributed by atoms with Gasteiger partial charge in [0, 0.05) is 6.54 Å². The minimum atomic E-state index is -3.22. The Morgan fingerprint density at radius 2 is 2.17 bits per heavy atom. The van der Waals surface area contributed by atoms with E-state index in [4.69, 9.17) is 0 Å². The van der Waals surface area contributed by atoms with Crippen LogP contribution in [0.1, 0.15) is 0 Å². The van der Waals surface area contributed by atoms with Crippen LogP contribution in [0.3, 0.4) is 0 Å². The Morgan fingerprint density at radius 3 is 2.58 bits per heavy atom. The van der Waals surface area contributed by atoms with Gasteiger partial charge in [-0.05, 0) is 13.1 Å². The molecule has 0 fully saturated rings. The molecule has 0 aliphatic rings. The first kappa shape index (κ1) is 11.1. The Balaban J connectivity index is 3.71. The zero-order valence-electron chi connectivity index (χ0n) is 6.83. The molecule has 12 heavy (non-hydrogen) atoms. The third-order valence-electron chi connectivity index (χ3n) is 1.17. The highest BCUT2D eigenvalue weighted by atomic mass is 32.2. The average molecular weight is 192 g/mol. The molecule has 0 radical (unpaired) electrons. The van der Waals surface area contributed by atoms with Gasteiger partial charge in [-0.25, -0.2) is 13.1 Å². The van der Waals surface area contributed by atoms with Crippen molar-refractivity contribution in [2.75, 3.05) is 19.3 Å². The minimum absolute atomic E-state index is 0.0913. The number of carbonyl (C=O) groups is 1. The van der Waals surface area contributed by atoms with Crippen molar-refractivity contribution in [1.82, 2.24) is 10.0 Å². The number of amides is 1. The van der Waals surface area contributed by atoms with Crippen molar-refractivity contribution in [2.45, 2.75) is 0 Å². The summed E-state index contributed by atoms with van der Waals surface area (Å²) in [5.41, 5.74) is 0. The normalized spacial score (nSPS) is 10.8. The van der Waals surface area contributed by atoms with Crippen LogP contribution in [0.5, 0.6) is 0 Å². The van der Waals surface area contributed by atoms with Crippen molar-refractivity contribution in [1.29, 1.82) is 0 Å². The van der Waals surface area contributed by atoms with Gasteiger partial charge in [-0.15, -0.1) is 0 Å². The molecule has 0 bridgehead atoms. The summed E-state index contributed by atoms with van der Waals surface area (Å²) >= 11 is 0. The highest BCUT2D eigenvalue weighted by Crippen LogP contribution is 1.79. The quantitative estimate of drug-likeness (QED) is 0.539. The van der Waals surface area contributed by atoms with Gasteiger partial charge >= 0.3 is 0 Å². The highest BCUT2D eigenvalue weighted by molar-refractivity contribution is 7.89. The predicted molar refractivity (Wildman–Crippen MR) is 46.1 cm³/mol. The molecule has 0 aromatic rings. The fourth-order valence-electron chi connectivity index (χ4n) is 0.483. The van der Waals surface area contributed by atoms with Gasteiger partial charge in [0.05, 0.1) is 5.75 Å². The molecule has 0 spiro atoms. The molecule has 5 nitrogen and oxygen atoms in total. The van der Waals surface area contributed by atoms with Crippen molar-refractivity contribution >= 4 is 15.9 Å². The van der Waals surface area contributed by atoms with Gasteiger partial charge in [0.2, 0.25) is 15.9 Å². The maximum atomic E-state index is 10.8. The molecule has 0 saturated carbocycles. The Bertz CT molecular complexity index is 258. The lowest BCUT2D eigenvalue weighted by Crippen LogP contribution is -2.31. The molecule has 0 aliphatic carbocycles. The van der Waals surface area contributed by atoms with Gasteiger partial charge < -0.3 is 5.32 Å². The van der Waals surface area contributed by atoms with Gasteiger partial charge in [-0.3, -0.25) is 4.79 Å². The number of carbonyl (C=O) groups excluding carboxylic acids is 1. The third-order valence-corrected chi connectivity index (χ3v) is 2.53. The molecule has 2 N–H and O–H groups in total. The molecule has 70 valence electrons. The van der Waals surface area contributed by atoms with Crippen LogP contribution >= 0.6 is 0 Å². The average Bonchev–Trinajstić information content (AvgIpc) is 2.04. The van der Waals surface area contributed by atoms with Crippen LogP contribution < -0.4 is 10.0 Å². The molecule has 0 unspecified atom stereocenters. The molecule has 0 rings (SSSR count). The highest BCUT2D eigenvalue weighted by Gasteiger charge is 2.05. The topological polar surface area (TPSA) is 75.3 Å². The second-order valence-electron chi connectivity index (χ2n) is 2.02. The Morgan fingerprint density at radius 1 is 1.58 bits per heavy atom. The zero-order valence-corrected chi connectivity index (χ0v) is 7.65. The Kier molecular flexibility index (Phi) is 4.53. The third kappa shape index (κ3) is 4.86. The van der Waals surface area contributed by atoms with Gasteiger partial charge in [0.25, 0.3) is 0 Å². The first-order valence-corrected chi connectivity index (χ1v) is 4.98. The predicted octanol–water partition coefficient (Wildman–Crippen LogP) is -1.16. The Hall–Kier alpha value is -0.880. The van der Waals surface area contributed by atoms with E-state index in [9.17, 15) is 13.2 Å². The summed E-state index contributed by atoms with van der Waals surface area (Å²) in [7, 11) is -1.90. The lowest BCUT2D eigenvalue weighted by molar-refractivity contribution is -0.116. The molecular formula is C6H12N2O3S. The Labute approximate surface area is 71.9 Å². The summed E-state index contributed by atoms with van der Waals surface area (Å²) in [4.78, 5) is 10.5. The first-order chi connectivity index (χ1) is 5.52. The molecule has 0 aliphatic heterocycles. The van der Waals surface area contributed by atoms with Crippen LogP contribution in [-0.2, 0) is 14.8 Å². The number of sulfonamides is 1.